The first kappa shape index (κ1) is 74.9. The van der Waals surface area contributed by atoms with E-state index in [1.807, 2.05) is 83.1 Å². The van der Waals surface area contributed by atoms with Crippen molar-refractivity contribution in [3.8, 4) is 17.2 Å². The molecule has 1 amide bonds. The molecule has 0 radical (unpaired) electrons. The van der Waals surface area contributed by atoms with E-state index >= 15 is 0 Å². The molecule has 5 aromatic rings. The summed E-state index contributed by atoms with van der Waals surface area (Å²) in [6.45, 7) is 39.3. The van der Waals surface area contributed by atoms with E-state index in [1.165, 1.54) is 34.2 Å². The molecule has 0 saturated heterocycles. The molecule has 0 aliphatic rings. The molecule has 14 nitrogen and oxygen atoms in total. The molecule has 0 heterocycles. The van der Waals surface area contributed by atoms with Gasteiger partial charge in [0.1, 0.15) is 36.1 Å². The Morgan fingerprint density at radius 3 is 1.34 bits per heavy atom. The van der Waals surface area contributed by atoms with Crippen LogP contribution in [0.15, 0.2) is 121 Å². The van der Waals surface area contributed by atoms with Crippen molar-refractivity contribution in [2.45, 2.75) is 205 Å². The Balaban J connectivity index is 0.000000538. The van der Waals surface area contributed by atoms with Crippen LogP contribution in [0.3, 0.4) is 0 Å². The monoisotopic (exact) mass is 1150 g/mol. The van der Waals surface area contributed by atoms with Crippen LogP contribution in [0.2, 0.25) is 0 Å². The smallest absolute Gasteiger partial charge is 0.508 e. The average molecular weight is 1160 g/mol. The second kappa shape index (κ2) is 43.5. The lowest BCUT2D eigenvalue weighted by molar-refractivity contribution is -0.295. The van der Waals surface area contributed by atoms with Crippen molar-refractivity contribution >= 4 is 23.6 Å². The fraction of sp³-hybridized carbons (Fsp3) is 0.536. The first-order valence-corrected chi connectivity index (χ1v) is 30.0. The Hall–Kier alpha value is -6.16. The van der Waals surface area contributed by atoms with Gasteiger partial charge in [-0.05, 0) is 195 Å². The Morgan fingerprint density at radius 2 is 0.916 bits per heavy atom. The van der Waals surface area contributed by atoms with Gasteiger partial charge in [0.2, 0.25) is 0 Å². The summed E-state index contributed by atoms with van der Waals surface area (Å²) in [5, 5.41) is 14.7. The summed E-state index contributed by atoms with van der Waals surface area (Å²) in [5.74, 6) is 4.16. The van der Waals surface area contributed by atoms with Gasteiger partial charge in [0, 0.05) is 24.4 Å². The number of rotatable bonds is 27. The Morgan fingerprint density at radius 1 is 0.494 bits per heavy atom. The number of ether oxygens (including phenoxy) is 7. The molecule has 3 N–H and O–H groups in total. The van der Waals surface area contributed by atoms with Gasteiger partial charge in [-0.3, -0.25) is 5.32 Å². The quantitative estimate of drug-likeness (QED) is 0.0114. The van der Waals surface area contributed by atoms with Crippen molar-refractivity contribution in [3.63, 3.8) is 0 Å². The van der Waals surface area contributed by atoms with Gasteiger partial charge >= 0.3 is 12.2 Å². The molecule has 5 rings (SSSR count). The topological polar surface area (TPSA) is 161 Å². The standard InChI is InChI=1S/C18H30N2O6.C15H22O3.C15H24O2.C11H16.C10H14O/c1-14(2)22-9-10-24-18(21)20-17-7-5-16(6-8-17)19-13-26-25-12-11-23-15(3)4;1-6-11(2)12-7-9-13(10-8-12)17-14(16)18-15(3,4)5;1-5-12(4)13-8-10-14(11-9-13)17-15(6-2)16-7-3;1-4-10(3)11-7-5-9(2)6-8-11;1-3-8(2)9-4-6-10(11)7-5-9/h5-8,14-15,19H,9-13H2,1-4H3,(H,20,21);7-11H,6H2,1-5H3;8-12,15H,5-7H2,1-4H3;5-8,10H,4H2,1-3H3;4-8,11H,3H2,1-2H3. The highest BCUT2D eigenvalue weighted by atomic mass is 17.2. The van der Waals surface area contributed by atoms with Crippen molar-refractivity contribution < 1.29 is 57.6 Å². The fourth-order valence-corrected chi connectivity index (χ4v) is 7.09. The molecule has 0 bridgehead atoms. The minimum atomic E-state index is -0.668. The molecular formula is C69H106N2O12. The second-order valence-corrected chi connectivity index (χ2v) is 21.8. The van der Waals surface area contributed by atoms with Gasteiger partial charge in [0.05, 0.1) is 25.4 Å². The maximum absolute atomic E-state index is 11.6. The van der Waals surface area contributed by atoms with E-state index in [4.69, 9.17) is 48.0 Å². The van der Waals surface area contributed by atoms with Crippen LogP contribution in [0.1, 0.15) is 201 Å². The van der Waals surface area contributed by atoms with Crippen LogP contribution in [0.25, 0.3) is 0 Å². The summed E-state index contributed by atoms with van der Waals surface area (Å²) in [6, 6.07) is 39.3. The summed E-state index contributed by atoms with van der Waals surface area (Å²) in [7, 11) is 0. The maximum atomic E-state index is 11.6. The molecule has 14 heteroatoms. The molecule has 5 atom stereocenters. The molecule has 83 heavy (non-hydrogen) atoms. The van der Waals surface area contributed by atoms with Crippen LogP contribution in [-0.4, -0.2) is 81.2 Å². The molecule has 0 spiro atoms. The number of carbonyl (C=O) groups excluding carboxylic acids is 2. The largest absolute Gasteiger partial charge is 0.514 e. The number of anilines is 2. The lowest BCUT2D eigenvalue weighted by Gasteiger charge is -2.18. The van der Waals surface area contributed by atoms with E-state index < -0.39 is 17.8 Å². The normalized spacial score (nSPS) is 12.6. The van der Waals surface area contributed by atoms with Gasteiger partial charge in [0.15, 0.2) is 13.0 Å². The highest BCUT2D eigenvalue weighted by molar-refractivity contribution is 5.84. The van der Waals surface area contributed by atoms with E-state index in [9.17, 15) is 9.59 Å². The van der Waals surface area contributed by atoms with Gasteiger partial charge in [-0.25, -0.2) is 19.4 Å². The molecule has 5 unspecified atom stereocenters. The van der Waals surface area contributed by atoms with Crippen LogP contribution in [-0.2, 0) is 33.5 Å². The van der Waals surface area contributed by atoms with Crippen LogP contribution in [0, 0.1) is 6.92 Å². The van der Waals surface area contributed by atoms with Crippen molar-refractivity contribution in [2.75, 3.05) is 50.4 Å². The lowest BCUT2D eigenvalue weighted by atomic mass is 9.98. The molecule has 5 aromatic carbocycles. The number of aryl methyl sites for hydroxylation is 1. The zero-order chi connectivity index (χ0) is 62.2. The fourth-order valence-electron chi connectivity index (χ4n) is 7.09. The summed E-state index contributed by atoms with van der Waals surface area (Å²) in [5.41, 5.74) is 7.64. The highest BCUT2D eigenvalue weighted by Crippen LogP contribution is 2.25. The van der Waals surface area contributed by atoms with Crippen molar-refractivity contribution in [1.82, 2.24) is 0 Å². The molecular weight excluding hydrogens is 1050 g/mol. The van der Waals surface area contributed by atoms with Gasteiger partial charge < -0.3 is 43.6 Å². The minimum Gasteiger partial charge on any atom is -0.508 e. The van der Waals surface area contributed by atoms with Gasteiger partial charge in [0.25, 0.3) is 0 Å². The minimum absolute atomic E-state index is 0.115. The number of phenolic OH excluding ortho intramolecular Hbond substituents is 1. The first-order chi connectivity index (χ1) is 39.5. The van der Waals surface area contributed by atoms with E-state index in [0.717, 1.165) is 37.1 Å². The Kier molecular flexibility index (Phi) is 39.2. The number of amides is 1. The lowest BCUT2D eigenvalue weighted by Crippen LogP contribution is -2.25. The van der Waals surface area contributed by atoms with E-state index in [0.29, 0.717) is 67.3 Å². The number of nitrogens with one attached hydrogen (secondary N) is 2. The van der Waals surface area contributed by atoms with Gasteiger partial charge in [-0.2, -0.15) is 0 Å². The summed E-state index contributed by atoms with van der Waals surface area (Å²) >= 11 is 0. The first-order valence-electron chi connectivity index (χ1n) is 30.0. The Labute approximate surface area is 500 Å². The molecule has 0 aromatic heterocycles. The van der Waals surface area contributed by atoms with Gasteiger partial charge in [-0.15, -0.1) is 0 Å². The molecule has 0 aliphatic carbocycles. The number of benzene rings is 5. The molecule has 0 aliphatic heterocycles. The number of phenols is 1. The summed E-state index contributed by atoms with van der Waals surface area (Å²) in [4.78, 5) is 33.1. The predicted octanol–water partition coefficient (Wildman–Crippen LogP) is 18.7. The van der Waals surface area contributed by atoms with E-state index in [1.54, 1.807) is 57.2 Å². The molecule has 0 saturated carbocycles. The third kappa shape index (κ3) is 36.2. The average Bonchev–Trinajstić information content (AvgIpc) is 3.46. The number of hydrogen-bond donors (Lipinski definition) is 3. The number of hydrogen-bond acceptors (Lipinski definition) is 13. The van der Waals surface area contributed by atoms with Gasteiger partial charge in [-0.1, -0.05) is 129 Å². The maximum Gasteiger partial charge on any atom is 0.514 e. The number of aromatic hydroxyl groups is 1. The SMILES string of the molecule is CC(C)OCCOOCNc1ccc(NC(=O)OCCOC(C)C)cc1.CCC(C)c1ccc(C)cc1.CCC(C)c1ccc(O)cc1.CCC(C)c1ccc(OC(=O)OC(C)(C)C)cc1.CCOC(CC)Oc1ccc(C(C)CC)cc1. The van der Waals surface area contributed by atoms with Crippen LogP contribution in [0.4, 0.5) is 21.0 Å². The van der Waals surface area contributed by atoms with Crippen molar-refractivity contribution in [2.24, 2.45) is 0 Å². The summed E-state index contributed by atoms with van der Waals surface area (Å²) in [6.07, 6.45) is 4.46. The Bertz CT molecular complexity index is 2340. The predicted molar refractivity (Wildman–Crippen MR) is 339 cm³/mol. The van der Waals surface area contributed by atoms with Crippen LogP contribution in [0.5, 0.6) is 17.2 Å². The third-order valence-corrected chi connectivity index (χ3v) is 12.9. The van der Waals surface area contributed by atoms with E-state index in [2.05, 4.69) is 116 Å². The molecule has 0 fully saturated rings. The number of carbonyl (C=O) groups is 2. The second-order valence-electron chi connectivity index (χ2n) is 21.8. The third-order valence-electron chi connectivity index (χ3n) is 12.9. The van der Waals surface area contributed by atoms with E-state index in [-0.39, 0.29) is 31.8 Å². The van der Waals surface area contributed by atoms with Crippen LogP contribution < -0.4 is 20.1 Å². The van der Waals surface area contributed by atoms with Crippen molar-refractivity contribution in [1.29, 1.82) is 0 Å². The molecule has 464 valence electrons. The highest BCUT2D eigenvalue weighted by Gasteiger charge is 2.18. The zero-order valence-electron chi connectivity index (χ0n) is 53.8. The van der Waals surface area contributed by atoms with Crippen molar-refractivity contribution in [3.05, 3.63) is 149 Å². The summed E-state index contributed by atoms with van der Waals surface area (Å²) < 4.78 is 37.0. The zero-order valence-corrected chi connectivity index (χ0v) is 53.8. The van der Waals surface area contributed by atoms with Crippen LogP contribution >= 0.6 is 0 Å².